The molecule has 0 radical (unpaired) electrons. The van der Waals surface area contributed by atoms with Crippen LogP contribution in [0.3, 0.4) is 0 Å². The van der Waals surface area contributed by atoms with Crippen LogP contribution < -0.4 is 10.5 Å². The maximum atomic E-state index is 11.9. The van der Waals surface area contributed by atoms with Gasteiger partial charge in [0.15, 0.2) is 5.82 Å². The minimum absolute atomic E-state index is 0.0287. The van der Waals surface area contributed by atoms with Crippen LogP contribution in [0.4, 0.5) is 0 Å². The largest absolute Gasteiger partial charge is 0.338 e. The summed E-state index contributed by atoms with van der Waals surface area (Å²) >= 11 is 1.14. The van der Waals surface area contributed by atoms with E-state index in [1.165, 1.54) is 6.07 Å². The lowest BCUT2D eigenvalue weighted by Gasteiger charge is -2.00. The molecule has 0 spiro atoms. The van der Waals surface area contributed by atoms with Crippen molar-refractivity contribution in [2.24, 2.45) is 5.73 Å². The topological polar surface area (TPSA) is 111 Å². The summed E-state index contributed by atoms with van der Waals surface area (Å²) in [6.07, 6.45) is 0. The number of nitrogens with one attached hydrogen (secondary N) is 1. The molecule has 18 heavy (non-hydrogen) atoms. The molecule has 0 aliphatic heterocycles. The van der Waals surface area contributed by atoms with E-state index in [1.54, 1.807) is 13.0 Å². The summed E-state index contributed by atoms with van der Waals surface area (Å²) in [5, 5.41) is 3.57. The number of aryl methyl sites for hydroxylation is 1. The highest BCUT2D eigenvalue weighted by Gasteiger charge is 2.17. The third-order valence-corrected chi connectivity index (χ3v) is 5.09. The minimum Gasteiger partial charge on any atom is -0.338 e. The van der Waals surface area contributed by atoms with Crippen molar-refractivity contribution in [3.05, 3.63) is 28.7 Å². The number of hydrogen-bond donors (Lipinski definition) is 2. The van der Waals surface area contributed by atoms with Crippen molar-refractivity contribution < 1.29 is 12.9 Å². The second-order valence-electron chi connectivity index (χ2n) is 3.48. The Morgan fingerprint density at radius 3 is 2.83 bits per heavy atom. The van der Waals surface area contributed by atoms with E-state index in [-0.39, 0.29) is 16.6 Å². The molecule has 0 saturated heterocycles. The molecule has 3 N–H and O–H groups in total. The summed E-state index contributed by atoms with van der Waals surface area (Å²) < 4.78 is 31.2. The van der Waals surface area contributed by atoms with Gasteiger partial charge in [0.25, 0.3) is 10.0 Å². The number of nitrogens with two attached hydrogens (primary N) is 1. The van der Waals surface area contributed by atoms with Gasteiger partial charge < -0.3 is 10.3 Å². The fraction of sp³-hybridized carbons (Fsp3) is 0.333. The van der Waals surface area contributed by atoms with Crippen LogP contribution in [-0.2, 0) is 23.1 Å². The quantitative estimate of drug-likeness (QED) is 0.822. The van der Waals surface area contributed by atoms with Gasteiger partial charge in [0.1, 0.15) is 4.21 Å². The van der Waals surface area contributed by atoms with Crippen LogP contribution in [0.2, 0.25) is 0 Å². The Labute approximate surface area is 108 Å². The van der Waals surface area contributed by atoms with Crippen molar-refractivity contribution in [2.75, 3.05) is 0 Å². The third kappa shape index (κ3) is 2.93. The van der Waals surface area contributed by atoms with Gasteiger partial charge in [-0.05, 0) is 19.1 Å². The summed E-state index contributed by atoms with van der Waals surface area (Å²) in [5.74, 6) is 0.692. The Balaban J connectivity index is 2.07. The zero-order chi connectivity index (χ0) is 13.2. The van der Waals surface area contributed by atoms with Gasteiger partial charge in [0, 0.05) is 11.4 Å². The maximum Gasteiger partial charge on any atom is 0.250 e. The molecule has 0 aliphatic carbocycles. The zero-order valence-corrected chi connectivity index (χ0v) is 11.2. The van der Waals surface area contributed by atoms with E-state index >= 15 is 0 Å². The lowest BCUT2D eigenvalue weighted by Crippen LogP contribution is -2.22. The lowest BCUT2D eigenvalue weighted by atomic mass is 10.5. The van der Waals surface area contributed by atoms with Gasteiger partial charge in [-0.3, -0.25) is 0 Å². The lowest BCUT2D eigenvalue weighted by molar-refractivity contribution is 0.372. The fourth-order valence-corrected chi connectivity index (χ4v) is 3.51. The molecular weight excluding hydrogens is 276 g/mol. The molecule has 0 unspecified atom stereocenters. The number of thiophene rings is 1. The van der Waals surface area contributed by atoms with Gasteiger partial charge in [-0.1, -0.05) is 5.16 Å². The van der Waals surface area contributed by atoms with Crippen LogP contribution in [0.5, 0.6) is 0 Å². The first-order valence-corrected chi connectivity index (χ1v) is 7.39. The summed E-state index contributed by atoms with van der Waals surface area (Å²) in [7, 11) is -3.55. The summed E-state index contributed by atoms with van der Waals surface area (Å²) in [4.78, 5) is 4.72. The molecule has 2 aromatic heterocycles. The Kier molecular flexibility index (Phi) is 3.76. The highest BCUT2D eigenvalue weighted by Crippen LogP contribution is 2.21. The highest BCUT2D eigenvalue weighted by atomic mass is 32.2. The molecule has 0 aliphatic rings. The predicted molar refractivity (Wildman–Crippen MR) is 65.3 cm³/mol. The smallest absolute Gasteiger partial charge is 0.250 e. The second kappa shape index (κ2) is 5.14. The van der Waals surface area contributed by atoms with E-state index < -0.39 is 10.0 Å². The molecule has 2 aromatic rings. The van der Waals surface area contributed by atoms with Crippen LogP contribution in [0.1, 0.15) is 16.6 Å². The first-order valence-electron chi connectivity index (χ1n) is 5.09. The molecule has 0 fully saturated rings. The maximum absolute atomic E-state index is 11.9. The van der Waals surface area contributed by atoms with Crippen LogP contribution in [0.25, 0.3) is 0 Å². The van der Waals surface area contributed by atoms with Crippen molar-refractivity contribution >= 4 is 21.4 Å². The average Bonchev–Trinajstić information content (AvgIpc) is 2.95. The van der Waals surface area contributed by atoms with Crippen LogP contribution in [-0.4, -0.2) is 18.6 Å². The summed E-state index contributed by atoms with van der Waals surface area (Å²) in [5.41, 5.74) is 5.44. The molecule has 0 atom stereocenters. The monoisotopic (exact) mass is 288 g/mol. The Morgan fingerprint density at radius 1 is 1.50 bits per heavy atom. The van der Waals surface area contributed by atoms with E-state index in [0.717, 1.165) is 16.2 Å². The van der Waals surface area contributed by atoms with E-state index in [4.69, 9.17) is 10.3 Å². The SMILES string of the molecule is Cc1noc(CNS(=O)(=O)c2ccc(CN)s2)n1. The van der Waals surface area contributed by atoms with Gasteiger partial charge >= 0.3 is 0 Å². The van der Waals surface area contributed by atoms with E-state index in [2.05, 4.69) is 14.9 Å². The van der Waals surface area contributed by atoms with Crippen LogP contribution in [0, 0.1) is 6.92 Å². The number of rotatable bonds is 5. The minimum atomic E-state index is -3.55. The highest BCUT2D eigenvalue weighted by molar-refractivity contribution is 7.91. The number of aromatic nitrogens is 2. The molecule has 2 rings (SSSR count). The van der Waals surface area contributed by atoms with Crippen molar-refractivity contribution in [3.63, 3.8) is 0 Å². The van der Waals surface area contributed by atoms with E-state index in [0.29, 0.717) is 12.4 Å². The molecule has 7 nitrogen and oxygen atoms in total. The van der Waals surface area contributed by atoms with Gasteiger partial charge in [-0.2, -0.15) is 4.98 Å². The second-order valence-corrected chi connectivity index (χ2v) is 6.65. The normalized spacial score (nSPS) is 11.9. The van der Waals surface area contributed by atoms with Gasteiger partial charge in [-0.25, -0.2) is 13.1 Å². The van der Waals surface area contributed by atoms with Crippen LogP contribution >= 0.6 is 11.3 Å². The van der Waals surface area contributed by atoms with Crippen molar-refractivity contribution in [3.8, 4) is 0 Å². The molecule has 0 bridgehead atoms. The van der Waals surface area contributed by atoms with E-state index in [9.17, 15) is 8.42 Å². The Bertz CT molecular complexity index is 632. The zero-order valence-electron chi connectivity index (χ0n) is 9.58. The first kappa shape index (κ1) is 13.1. The Hall–Kier alpha value is -1.29. The summed E-state index contributed by atoms with van der Waals surface area (Å²) in [6, 6.07) is 3.21. The fourth-order valence-electron chi connectivity index (χ4n) is 1.25. The number of sulfonamides is 1. The van der Waals surface area contributed by atoms with Gasteiger partial charge in [0.05, 0.1) is 6.54 Å². The van der Waals surface area contributed by atoms with Crippen LogP contribution in [0.15, 0.2) is 20.9 Å². The number of hydrogen-bond acceptors (Lipinski definition) is 7. The summed E-state index contributed by atoms with van der Waals surface area (Å²) in [6.45, 7) is 1.95. The van der Waals surface area contributed by atoms with Gasteiger partial charge in [-0.15, -0.1) is 11.3 Å². The molecule has 98 valence electrons. The molecule has 2 heterocycles. The average molecular weight is 288 g/mol. The third-order valence-electron chi connectivity index (χ3n) is 2.09. The first-order chi connectivity index (χ1) is 8.51. The predicted octanol–water partition coefficient (Wildman–Crippen LogP) is 0.377. The van der Waals surface area contributed by atoms with Crippen molar-refractivity contribution in [1.29, 1.82) is 0 Å². The van der Waals surface area contributed by atoms with Gasteiger partial charge in [0.2, 0.25) is 5.89 Å². The number of nitrogens with zero attached hydrogens (tertiary/aromatic N) is 2. The molecule has 0 aromatic carbocycles. The molecule has 9 heteroatoms. The van der Waals surface area contributed by atoms with E-state index in [1.807, 2.05) is 0 Å². The molecular formula is C9H12N4O3S2. The molecule has 0 amide bonds. The molecule has 0 saturated carbocycles. The Morgan fingerprint density at radius 2 is 2.28 bits per heavy atom. The standard InChI is InChI=1S/C9H12N4O3S2/c1-6-12-8(16-13-6)5-11-18(14,15)9-3-2-7(4-10)17-9/h2-3,11H,4-5,10H2,1H3. The van der Waals surface area contributed by atoms with Crippen molar-refractivity contribution in [2.45, 2.75) is 24.2 Å². The van der Waals surface area contributed by atoms with Crippen molar-refractivity contribution in [1.82, 2.24) is 14.9 Å².